The fraction of sp³-hybridized carbons (Fsp3) is 0.526. The smallest absolute Gasteiger partial charge is 0.342 e. The number of pyridine rings is 1. The number of tetrazole rings is 1. The molecule has 0 saturated carbocycles. The molecule has 0 amide bonds. The van der Waals surface area contributed by atoms with Crippen molar-refractivity contribution < 1.29 is 13.7 Å². The number of nitrogens with zero attached hydrogens (tertiary/aromatic N) is 6. The summed E-state index contributed by atoms with van der Waals surface area (Å²) in [7, 11) is 1.58. The fourth-order valence-corrected chi connectivity index (χ4v) is 4.25. The molecule has 0 saturated heterocycles. The molecule has 0 aliphatic heterocycles. The van der Waals surface area contributed by atoms with Crippen molar-refractivity contribution >= 4 is 30.6 Å². The number of aryl methyl sites for hydroxylation is 1. The minimum atomic E-state index is -1.91. The highest BCUT2D eigenvalue weighted by Gasteiger charge is 2.37. The molecular formula is C19H30N7O2SSi+. The van der Waals surface area contributed by atoms with Gasteiger partial charge in [-0.3, -0.25) is 0 Å². The average Bonchev–Trinajstić information content (AvgIpc) is 3.28. The van der Waals surface area contributed by atoms with Crippen LogP contribution < -0.4 is 9.88 Å². The minimum absolute atomic E-state index is 0.127. The summed E-state index contributed by atoms with van der Waals surface area (Å²) < 4.78 is 15.3. The van der Waals surface area contributed by atoms with E-state index >= 15 is 0 Å². The molecule has 1 N–H and O–H groups in total. The van der Waals surface area contributed by atoms with E-state index in [1.165, 1.54) is 0 Å². The molecule has 0 aromatic carbocycles. The number of hydrogen-bond acceptors (Lipinski definition) is 8. The maximum atomic E-state index is 6.40. The molecule has 0 unspecified atom stereocenters. The van der Waals surface area contributed by atoms with Crippen molar-refractivity contribution in [2.24, 2.45) is 7.05 Å². The Balaban J connectivity index is 1.93. The fourth-order valence-electron chi connectivity index (χ4n) is 2.55. The Morgan fingerprint density at radius 1 is 1.27 bits per heavy atom. The second-order valence-corrected chi connectivity index (χ2v) is 14.3. The van der Waals surface area contributed by atoms with Gasteiger partial charge in [0.15, 0.2) is 20.9 Å². The second kappa shape index (κ2) is 8.88. The van der Waals surface area contributed by atoms with Crippen LogP contribution in [-0.2, 0) is 29.5 Å². The van der Waals surface area contributed by atoms with Gasteiger partial charge in [-0.2, -0.15) is 4.57 Å². The maximum absolute atomic E-state index is 6.40. The second-order valence-electron chi connectivity index (χ2n) is 8.63. The molecule has 3 rings (SSSR count). The minimum Gasteiger partial charge on any atom is -0.411 e. The van der Waals surface area contributed by atoms with Crippen LogP contribution in [0.5, 0.6) is 0 Å². The third kappa shape index (κ3) is 5.09. The van der Waals surface area contributed by atoms with Crippen molar-refractivity contribution in [3.63, 3.8) is 0 Å². The van der Waals surface area contributed by atoms with E-state index in [2.05, 4.69) is 54.7 Å². The highest BCUT2D eigenvalue weighted by atomic mass is 32.1. The Labute approximate surface area is 182 Å². The third-order valence-electron chi connectivity index (χ3n) is 5.33. The number of methoxy groups -OCH3 is 1. The lowest BCUT2D eigenvalue weighted by atomic mass is 10.2. The van der Waals surface area contributed by atoms with E-state index in [-0.39, 0.29) is 5.04 Å². The predicted molar refractivity (Wildman–Crippen MR) is 119 cm³/mol. The van der Waals surface area contributed by atoms with Crippen LogP contribution in [0, 0.1) is 0 Å². The average molecular weight is 449 g/mol. The molecule has 0 bridgehead atoms. The van der Waals surface area contributed by atoms with Crippen molar-refractivity contribution in [3.8, 4) is 11.4 Å². The molecule has 0 atom stereocenters. The van der Waals surface area contributed by atoms with E-state index in [1.807, 2.05) is 35.3 Å². The molecule has 0 radical (unpaired) electrons. The first-order valence-corrected chi connectivity index (χ1v) is 13.5. The summed E-state index contributed by atoms with van der Waals surface area (Å²) in [4.78, 5) is 4.79. The lowest BCUT2D eigenvalue weighted by Gasteiger charge is -2.36. The summed E-state index contributed by atoms with van der Waals surface area (Å²) in [6.45, 7) is 12.1. The van der Waals surface area contributed by atoms with Crippen molar-refractivity contribution in [1.82, 2.24) is 25.2 Å². The molecule has 0 fully saturated rings. The summed E-state index contributed by atoms with van der Waals surface area (Å²) in [5, 5.41) is 18.3. The van der Waals surface area contributed by atoms with E-state index in [0.29, 0.717) is 25.0 Å². The van der Waals surface area contributed by atoms with Crippen molar-refractivity contribution in [1.29, 1.82) is 0 Å². The number of aromatic nitrogens is 6. The molecule has 30 heavy (non-hydrogen) atoms. The Morgan fingerprint density at radius 3 is 2.67 bits per heavy atom. The number of thiazole rings is 1. The highest BCUT2D eigenvalue weighted by molar-refractivity contribution is 7.13. The molecule has 0 spiro atoms. The van der Waals surface area contributed by atoms with Gasteiger partial charge in [0, 0.05) is 31.2 Å². The molecule has 0 aliphatic carbocycles. The van der Waals surface area contributed by atoms with Crippen LogP contribution in [0.4, 0.5) is 10.9 Å². The number of rotatable bonds is 8. The van der Waals surface area contributed by atoms with Gasteiger partial charge in [0.1, 0.15) is 6.20 Å². The van der Waals surface area contributed by atoms with Crippen LogP contribution in [0.25, 0.3) is 11.4 Å². The van der Waals surface area contributed by atoms with Gasteiger partial charge in [-0.15, -0.1) is 5.10 Å². The molecular weight excluding hydrogens is 418 g/mol. The van der Waals surface area contributed by atoms with Crippen molar-refractivity contribution in [3.05, 3.63) is 29.4 Å². The first-order valence-electron chi connectivity index (χ1n) is 9.71. The first-order chi connectivity index (χ1) is 14.1. The van der Waals surface area contributed by atoms with Crippen molar-refractivity contribution in [2.45, 2.75) is 52.2 Å². The summed E-state index contributed by atoms with van der Waals surface area (Å²) >= 11 is 1.58. The molecule has 3 aromatic rings. The summed E-state index contributed by atoms with van der Waals surface area (Å²) in [6, 6.07) is 3.93. The van der Waals surface area contributed by atoms with Crippen LogP contribution in [0.15, 0.2) is 23.7 Å². The predicted octanol–water partition coefficient (Wildman–Crippen LogP) is 3.49. The lowest BCUT2D eigenvalue weighted by Crippen LogP contribution is -2.40. The maximum Gasteiger partial charge on any atom is 0.342 e. The van der Waals surface area contributed by atoms with Gasteiger partial charge in [-0.25, -0.2) is 15.0 Å². The molecule has 162 valence electrons. The molecule has 9 nitrogen and oxygen atoms in total. The van der Waals surface area contributed by atoms with Gasteiger partial charge in [-0.1, -0.05) is 32.1 Å². The van der Waals surface area contributed by atoms with E-state index in [4.69, 9.17) is 14.1 Å². The number of nitrogens with one attached hydrogen (secondary N) is 1. The van der Waals surface area contributed by atoms with E-state index in [1.54, 1.807) is 23.1 Å². The third-order valence-corrected chi connectivity index (χ3v) is 10.6. The van der Waals surface area contributed by atoms with Crippen molar-refractivity contribution in [2.75, 3.05) is 12.4 Å². The van der Waals surface area contributed by atoms with Crippen LogP contribution in [-0.4, -0.2) is 40.6 Å². The Kier molecular flexibility index (Phi) is 6.65. The van der Waals surface area contributed by atoms with Gasteiger partial charge >= 0.3 is 5.13 Å². The molecule has 0 aliphatic rings. The van der Waals surface area contributed by atoms with Gasteiger partial charge < -0.3 is 9.16 Å². The Bertz CT molecular complexity index is 997. The summed E-state index contributed by atoms with van der Waals surface area (Å²) in [5.41, 5.74) is 1.71. The quantitative estimate of drug-likeness (QED) is 0.417. The molecule has 3 aromatic heterocycles. The van der Waals surface area contributed by atoms with Crippen LogP contribution in [0.2, 0.25) is 18.1 Å². The van der Waals surface area contributed by atoms with Gasteiger partial charge in [0.25, 0.3) is 0 Å². The molecule has 3 heterocycles. The zero-order chi connectivity index (χ0) is 21.9. The normalized spacial score (nSPS) is 12.4. The SMILES string of the molecule is COC[n+]1ccsc1Nc1cc(-c2nnnn2C)cc(CO[Si](C)(C)C(C)(C)C)n1. The first kappa shape index (κ1) is 22.5. The van der Waals surface area contributed by atoms with Gasteiger partial charge in [-0.05, 0) is 34.6 Å². The monoisotopic (exact) mass is 448 g/mol. The van der Waals surface area contributed by atoms with Crippen LogP contribution in [0.1, 0.15) is 26.5 Å². The highest BCUT2D eigenvalue weighted by Crippen LogP contribution is 2.37. The van der Waals surface area contributed by atoms with Crippen LogP contribution in [0.3, 0.4) is 0 Å². The standard InChI is InChI=1S/C19H29N7O2SSi/c1-19(2,3)30(6,7)28-12-15-10-14(17-22-23-24-25(17)4)11-16(20-15)21-18-26(13-27-5)8-9-29-18/h8-11H,12-13H2,1-7H3/p+1. The largest absolute Gasteiger partial charge is 0.411 e. The zero-order valence-electron chi connectivity index (χ0n) is 18.6. The van der Waals surface area contributed by atoms with E-state index in [9.17, 15) is 0 Å². The summed E-state index contributed by atoms with van der Waals surface area (Å²) in [6.07, 6.45) is 1.97. The lowest BCUT2D eigenvalue weighted by molar-refractivity contribution is -0.714. The number of hydrogen-bond donors (Lipinski definition) is 1. The number of anilines is 2. The van der Waals surface area contributed by atoms with Crippen LogP contribution >= 0.6 is 11.3 Å². The Morgan fingerprint density at radius 2 is 2.03 bits per heavy atom. The zero-order valence-corrected chi connectivity index (χ0v) is 20.4. The van der Waals surface area contributed by atoms with Gasteiger partial charge in [0.2, 0.25) is 5.82 Å². The molecule has 11 heteroatoms. The van der Waals surface area contributed by atoms with E-state index < -0.39 is 8.32 Å². The topological polar surface area (TPSA) is 90.9 Å². The summed E-state index contributed by atoms with van der Waals surface area (Å²) in [5.74, 6) is 1.38. The van der Waals surface area contributed by atoms with Gasteiger partial charge in [0.05, 0.1) is 12.3 Å². The number of ether oxygens (including phenoxy) is 1. The Hall–Kier alpha value is -2.21. The van der Waals surface area contributed by atoms with E-state index in [0.717, 1.165) is 16.4 Å².